The number of carbonyl (C=O) groups excluding carboxylic acids is 1. The van der Waals surface area contributed by atoms with Crippen molar-refractivity contribution in [3.05, 3.63) is 68.4 Å². The van der Waals surface area contributed by atoms with Crippen molar-refractivity contribution in [2.45, 2.75) is 20.8 Å². The lowest BCUT2D eigenvalue weighted by atomic mass is 10.1. The van der Waals surface area contributed by atoms with Crippen LogP contribution in [0.4, 0.5) is 11.4 Å². The van der Waals surface area contributed by atoms with Crippen LogP contribution < -0.4 is 10.6 Å². The van der Waals surface area contributed by atoms with Gasteiger partial charge in [0.2, 0.25) is 0 Å². The number of aryl methyl sites for hydroxylation is 3. The normalized spacial score (nSPS) is 10.9. The average molecular weight is 431 g/mol. The Hall–Kier alpha value is -2.33. The highest BCUT2D eigenvalue weighted by Gasteiger charge is 2.11. The number of anilines is 2. The number of nitrogens with one attached hydrogen (secondary N) is 2. The molecule has 0 aliphatic carbocycles. The van der Waals surface area contributed by atoms with Gasteiger partial charge in [0.1, 0.15) is 11.6 Å². The minimum Gasteiger partial charge on any atom is -0.360 e. The van der Waals surface area contributed by atoms with Gasteiger partial charge in [-0.15, -0.1) is 0 Å². The number of hydrogen-bond donors (Lipinski definition) is 2. The lowest BCUT2D eigenvalue weighted by molar-refractivity contribution is -0.112. The van der Waals surface area contributed by atoms with Gasteiger partial charge in [0.25, 0.3) is 5.91 Å². The van der Waals surface area contributed by atoms with E-state index in [2.05, 4.69) is 33.2 Å². The highest BCUT2D eigenvalue weighted by Crippen LogP contribution is 2.19. The molecule has 0 aliphatic rings. The molecule has 2 rings (SSSR count). The summed E-state index contributed by atoms with van der Waals surface area (Å²) in [5.74, 6) is -0.431. The minimum atomic E-state index is -0.431. The minimum absolute atomic E-state index is 0.0221. The number of hydrogen-bond acceptors (Lipinski definition) is 3. The fourth-order valence-corrected chi connectivity index (χ4v) is 2.79. The first-order chi connectivity index (χ1) is 11.4. The van der Waals surface area contributed by atoms with Crippen LogP contribution in [0.2, 0.25) is 0 Å². The Morgan fingerprint density at radius 2 is 1.83 bits per heavy atom. The third kappa shape index (κ3) is 4.59. The second-order valence-electron chi connectivity index (χ2n) is 5.55. The standard InChI is InChI=1S/C19H18IN3O/c1-12-4-5-13(2)18(8-12)22-11-15(10-21)19(24)23-17-7-6-16(20)9-14(17)3/h4-9,11,22H,1-3H3,(H,23,24)/b15-11-. The second kappa shape index (κ2) is 7.97. The number of benzene rings is 2. The van der Waals surface area contributed by atoms with Gasteiger partial charge in [0, 0.05) is 21.1 Å². The fraction of sp³-hybridized carbons (Fsp3) is 0.158. The molecule has 122 valence electrons. The largest absolute Gasteiger partial charge is 0.360 e. The van der Waals surface area contributed by atoms with Crippen LogP contribution in [-0.4, -0.2) is 5.91 Å². The Labute approximate surface area is 155 Å². The van der Waals surface area contributed by atoms with Crippen molar-refractivity contribution in [1.82, 2.24) is 0 Å². The summed E-state index contributed by atoms with van der Waals surface area (Å²) in [6, 6.07) is 13.6. The monoisotopic (exact) mass is 431 g/mol. The third-order valence-corrected chi connectivity index (χ3v) is 4.24. The Balaban J connectivity index is 2.16. The van der Waals surface area contributed by atoms with E-state index in [0.717, 1.165) is 25.9 Å². The number of carbonyl (C=O) groups is 1. The fourth-order valence-electron chi connectivity index (χ4n) is 2.15. The molecule has 2 N–H and O–H groups in total. The van der Waals surface area contributed by atoms with Gasteiger partial charge < -0.3 is 10.6 Å². The molecule has 0 saturated heterocycles. The van der Waals surface area contributed by atoms with E-state index < -0.39 is 5.91 Å². The van der Waals surface area contributed by atoms with Crippen LogP contribution >= 0.6 is 22.6 Å². The molecule has 0 unspecified atom stereocenters. The summed E-state index contributed by atoms with van der Waals surface area (Å²) >= 11 is 2.22. The number of rotatable bonds is 4. The van der Waals surface area contributed by atoms with Crippen LogP contribution in [0.3, 0.4) is 0 Å². The van der Waals surface area contributed by atoms with Crippen molar-refractivity contribution >= 4 is 39.9 Å². The Bertz CT molecular complexity index is 850. The van der Waals surface area contributed by atoms with E-state index in [1.165, 1.54) is 6.20 Å². The lowest BCUT2D eigenvalue weighted by Gasteiger charge is -2.09. The molecule has 5 heteroatoms. The van der Waals surface area contributed by atoms with E-state index in [0.29, 0.717) is 5.69 Å². The maximum Gasteiger partial charge on any atom is 0.267 e. The number of amides is 1. The Morgan fingerprint density at radius 3 is 2.50 bits per heavy atom. The molecule has 24 heavy (non-hydrogen) atoms. The van der Waals surface area contributed by atoms with E-state index >= 15 is 0 Å². The second-order valence-corrected chi connectivity index (χ2v) is 6.79. The third-order valence-electron chi connectivity index (χ3n) is 3.57. The van der Waals surface area contributed by atoms with E-state index in [-0.39, 0.29) is 5.57 Å². The summed E-state index contributed by atoms with van der Waals surface area (Å²) < 4.78 is 1.09. The molecule has 2 aromatic carbocycles. The van der Waals surface area contributed by atoms with Crippen LogP contribution in [0.5, 0.6) is 0 Å². The number of halogens is 1. The van der Waals surface area contributed by atoms with Gasteiger partial charge in [0.05, 0.1) is 0 Å². The first-order valence-corrected chi connectivity index (χ1v) is 8.50. The Morgan fingerprint density at radius 1 is 1.08 bits per heavy atom. The van der Waals surface area contributed by atoms with E-state index in [1.54, 1.807) is 0 Å². The van der Waals surface area contributed by atoms with E-state index in [4.69, 9.17) is 0 Å². The molecule has 0 fully saturated rings. The zero-order valence-electron chi connectivity index (χ0n) is 13.8. The molecular formula is C19H18IN3O. The Kier molecular flexibility index (Phi) is 5.99. The van der Waals surface area contributed by atoms with Gasteiger partial charge in [-0.25, -0.2) is 0 Å². The van der Waals surface area contributed by atoms with E-state index in [1.807, 2.05) is 63.2 Å². The van der Waals surface area contributed by atoms with Crippen LogP contribution in [0, 0.1) is 35.7 Å². The van der Waals surface area contributed by atoms with Gasteiger partial charge in [0.15, 0.2) is 0 Å². The van der Waals surface area contributed by atoms with Gasteiger partial charge in [-0.2, -0.15) is 5.26 Å². The molecular weight excluding hydrogens is 413 g/mol. The number of nitrogens with zero attached hydrogens (tertiary/aromatic N) is 1. The van der Waals surface area contributed by atoms with Crippen molar-refractivity contribution in [2.24, 2.45) is 0 Å². The number of nitriles is 1. The summed E-state index contributed by atoms with van der Waals surface area (Å²) in [5.41, 5.74) is 4.70. The zero-order valence-corrected chi connectivity index (χ0v) is 15.9. The predicted octanol–water partition coefficient (Wildman–Crippen LogP) is 4.67. The molecule has 2 aromatic rings. The zero-order chi connectivity index (χ0) is 17.7. The summed E-state index contributed by atoms with van der Waals surface area (Å²) in [6.45, 7) is 5.88. The molecule has 1 amide bonds. The summed E-state index contributed by atoms with van der Waals surface area (Å²) in [4.78, 5) is 12.3. The quantitative estimate of drug-likeness (QED) is 0.420. The van der Waals surface area contributed by atoms with Crippen LogP contribution in [0.25, 0.3) is 0 Å². The summed E-state index contributed by atoms with van der Waals surface area (Å²) in [7, 11) is 0. The molecule has 0 heterocycles. The maximum atomic E-state index is 12.3. The molecule has 0 aliphatic heterocycles. The molecule has 0 bridgehead atoms. The molecule has 4 nitrogen and oxygen atoms in total. The average Bonchev–Trinajstić information content (AvgIpc) is 2.54. The highest BCUT2D eigenvalue weighted by molar-refractivity contribution is 14.1. The molecule has 0 atom stereocenters. The summed E-state index contributed by atoms with van der Waals surface area (Å²) in [5, 5.41) is 15.1. The van der Waals surface area contributed by atoms with Gasteiger partial charge in [-0.05, 0) is 84.3 Å². The lowest BCUT2D eigenvalue weighted by Crippen LogP contribution is -2.15. The SMILES string of the molecule is Cc1ccc(C)c(N/C=C(/C#N)C(=O)Nc2ccc(I)cc2C)c1. The van der Waals surface area contributed by atoms with Crippen molar-refractivity contribution in [3.63, 3.8) is 0 Å². The van der Waals surface area contributed by atoms with Crippen molar-refractivity contribution in [1.29, 1.82) is 5.26 Å². The van der Waals surface area contributed by atoms with E-state index in [9.17, 15) is 10.1 Å². The van der Waals surface area contributed by atoms with Crippen LogP contribution in [0.1, 0.15) is 16.7 Å². The maximum absolute atomic E-state index is 12.3. The predicted molar refractivity (Wildman–Crippen MR) is 106 cm³/mol. The first-order valence-electron chi connectivity index (χ1n) is 7.42. The van der Waals surface area contributed by atoms with Gasteiger partial charge in [-0.1, -0.05) is 12.1 Å². The van der Waals surface area contributed by atoms with Crippen LogP contribution in [0.15, 0.2) is 48.2 Å². The smallest absolute Gasteiger partial charge is 0.267 e. The first kappa shape index (κ1) is 18.0. The van der Waals surface area contributed by atoms with Gasteiger partial charge >= 0.3 is 0 Å². The molecule has 0 spiro atoms. The summed E-state index contributed by atoms with van der Waals surface area (Å²) in [6.07, 6.45) is 1.44. The topological polar surface area (TPSA) is 64.9 Å². The van der Waals surface area contributed by atoms with Crippen LogP contribution in [-0.2, 0) is 4.79 Å². The highest BCUT2D eigenvalue weighted by atomic mass is 127. The van der Waals surface area contributed by atoms with Crippen molar-refractivity contribution in [3.8, 4) is 6.07 Å². The van der Waals surface area contributed by atoms with Gasteiger partial charge in [-0.3, -0.25) is 4.79 Å². The molecule has 0 saturated carbocycles. The van der Waals surface area contributed by atoms with Crippen molar-refractivity contribution < 1.29 is 4.79 Å². The molecule has 0 radical (unpaired) electrons. The van der Waals surface area contributed by atoms with Crippen molar-refractivity contribution in [2.75, 3.05) is 10.6 Å². The molecule has 0 aromatic heterocycles.